The molecule has 2 aliphatic rings. The summed E-state index contributed by atoms with van der Waals surface area (Å²) in [5.41, 5.74) is 8.62. The van der Waals surface area contributed by atoms with Crippen LogP contribution in [0.5, 0.6) is 5.75 Å². The summed E-state index contributed by atoms with van der Waals surface area (Å²) in [5.74, 6) is 1.55. The highest BCUT2D eigenvalue weighted by atomic mass is 16.5. The number of piperazine rings is 1. The minimum Gasteiger partial charge on any atom is -0.490 e. The molecular formula is C35H39N3O3. The molecule has 1 saturated heterocycles. The molecule has 2 heterocycles. The van der Waals surface area contributed by atoms with Gasteiger partial charge in [0.1, 0.15) is 24.2 Å². The van der Waals surface area contributed by atoms with Gasteiger partial charge >= 0.3 is 0 Å². The number of benzene rings is 3. The van der Waals surface area contributed by atoms with Crippen LogP contribution in [0.25, 0.3) is 12.2 Å². The molecule has 1 unspecified atom stereocenters. The zero-order valence-corrected chi connectivity index (χ0v) is 24.0. The number of ether oxygens (including phenoxy) is 1. The van der Waals surface area contributed by atoms with E-state index in [1.807, 2.05) is 50.3 Å². The van der Waals surface area contributed by atoms with E-state index in [1.165, 1.54) is 22.3 Å². The number of aliphatic hydroxyl groups excluding tert-OH is 1. The molecule has 1 aliphatic carbocycles. The number of aromatic nitrogens is 1. The van der Waals surface area contributed by atoms with E-state index >= 15 is 0 Å². The van der Waals surface area contributed by atoms with Gasteiger partial charge in [0.25, 0.3) is 0 Å². The van der Waals surface area contributed by atoms with Crippen LogP contribution in [-0.2, 0) is 12.8 Å². The second kappa shape index (κ2) is 12.4. The van der Waals surface area contributed by atoms with E-state index < -0.39 is 6.10 Å². The average Bonchev–Trinajstić information content (AvgIpc) is 3.22. The van der Waals surface area contributed by atoms with E-state index in [2.05, 4.69) is 63.5 Å². The largest absolute Gasteiger partial charge is 0.490 e. The molecule has 1 N–H and O–H groups in total. The number of para-hydroxylation sites is 1. The first-order valence-electron chi connectivity index (χ1n) is 14.7. The molecule has 1 aromatic heterocycles. The highest BCUT2D eigenvalue weighted by molar-refractivity contribution is 5.73. The minimum atomic E-state index is -0.569. The number of aryl methyl sites for hydroxylation is 4. The highest BCUT2D eigenvalue weighted by Gasteiger charge is 2.31. The molecule has 4 aromatic rings. The van der Waals surface area contributed by atoms with Gasteiger partial charge in [-0.15, -0.1) is 0 Å². The number of fused-ring (bicyclic) bond motifs is 2. The summed E-state index contributed by atoms with van der Waals surface area (Å²) in [5, 5.41) is 14.9. The van der Waals surface area contributed by atoms with Crippen molar-refractivity contribution in [3.05, 3.63) is 118 Å². The van der Waals surface area contributed by atoms with Gasteiger partial charge in [0, 0.05) is 43.9 Å². The Kier molecular flexibility index (Phi) is 8.33. The second-order valence-electron chi connectivity index (χ2n) is 11.2. The zero-order valence-electron chi connectivity index (χ0n) is 24.0. The summed E-state index contributed by atoms with van der Waals surface area (Å²) >= 11 is 0. The number of nitrogens with zero attached hydrogens (tertiary/aromatic N) is 3. The summed E-state index contributed by atoms with van der Waals surface area (Å²) < 4.78 is 11.4. The SMILES string of the molecule is Cc1noc(C)c1C=Cc1ccccc1OCC(O)CN1CCN(C2c3ccccc3CCc3ccccc32)CC1. The fourth-order valence-corrected chi connectivity index (χ4v) is 6.28. The van der Waals surface area contributed by atoms with E-state index in [0.717, 1.165) is 67.4 Å². The van der Waals surface area contributed by atoms with Gasteiger partial charge < -0.3 is 14.4 Å². The van der Waals surface area contributed by atoms with E-state index in [9.17, 15) is 5.11 Å². The van der Waals surface area contributed by atoms with Gasteiger partial charge in [0.15, 0.2) is 0 Å². The fourth-order valence-electron chi connectivity index (χ4n) is 6.28. The van der Waals surface area contributed by atoms with Crippen LogP contribution in [0.1, 0.15) is 50.9 Å². The van der Waals surface area contributed by atoms with E-state index in [1.54, 1.807) is 0 Å². The van der Waals surface area contributed by atoms with Crippen molar-refractivity contribution < 1.29 is 14.4 Å². The standard InChI is InChI=1S/C35H39N3O3/c1-25-31(26(2)41-36-25)18-17-29-11-5-8-14-34(29)40-24-30(39)23-37-19-21-38(22-20-37)35-32-12-6-3-9-27(32)15-16-28-10-4-7-13-33(28)35/h3-14,17-18,30,35,39H,15-16,19-24H2,1-2H3. The van der Waals surface area contributed by atoms with Crippen LogP contribution in [0.2, 0.25) is 0 Å². The van der Waals surface area contributed by atoms with Crippen LogP contribution in [0.4, 0.5) is 0 Å². The number of hydrogen-bond donors (Lipinski definition) is 1. The molecule has 0 radical (unpaired) electrons. The van der Waals surface area contributed by atoms with Crippen LogP contribution in [0.15, 0.2) is 77.3 Å². The fraction of sp³-hybridized carbons (Fsp3) is 0.343. The van der Waals surface area contributed by atoms with Crippen molar-refractivity contribution >= 4 is 12.2 Å². The average molecular weight is 550 g/mol. The lowest BCUT2D eigenvalue weighted by Crippen LogP contribution is -2.50. The van der Waals surface area contributed by atoms with E-state index in [4.69, 9.17) is 9.26 Å². The monoisotopic (exact) mass is 549 g/mol. The third-order valence-corrected chi connectivity index (χ3v) is 8.47. The molecule has 6 heteroatoms. The number of aliphatic hydroxyl groups is 1. The van der Waals surface area contributed by atoms with Crippen molar-refractivity contribution in [3.63, 3.8) is 0 Å². The molecule has 1 atom stereocenters. The number of β-amino-alcohol motifs (C(OH)–C–C–N with tert-alkyl or cyclic N) is 1. The van der Waals surface area contributed by atoms with Gasteiger partial charge in [-0.3, -0.25) is 9.80 Å². The predicted molar refractivity (Wildman–Crippen MR) is 163 cm³/mol. The Hall–Kier alpha value is -3.71. The maximum absolute atomic E-state index is 10.9. The van der Waals surface area contributed by atoms with Crippen molar-refractivity contribution in [1.82, 2.24) is 15.0 Å². The summed E-state index contributed by atoms with van der Waals surface area (Å²) in [7, 11) is 0. The molecule has 0 saturated carbocycles. The molecule has 0 spiro atoms. The van der Waals surface area contributed by atoms with Gasteiger partial charge in [-0.1, -0.05) is 78.0 Å². The first-order valence-corrected chi connectivity index (χ1v) is 14.7. The third kappa shape index (κ3) is 6.15. The van der Waals surface area contributed by atoms with Crippen LogP contribution in [-0.4, -0.2) is 65.5 Å². The third-order valence-electron chi connectivity index (χ3n) is 8.47. The molecule has 0 bridgehead atoms. The van der Waals surface area contributed by atoms with Gasteiger partial charge in [0.2, 0.25) is 0 Å². The van der Waals surface area contributed by atoms with Crippen molar-refractivity contribution in [1.29, 1.82) is 0 Å². The Morgan fingerprint density at radius 2 is 1.51 bits per heavy atom. The number of hydrogen-bond acceptors (Lipinski definition) is 6. The molecular weight excluding hydrogens is 510 g/mol. The van der Waals surface area contributed by atoms with E-state index in [-0.39, 0.29) is 12.6 Å². The smallest absolute Gasteiger partial charge is 0.141 e. The first-order chi connectivity index (χ1) is 20.1. The van der Waals surface area contributed by atoms with Crippen molar-refractivity contribution in [2.24, 2.45) is 0 Å². The molecule has 0 amide bonds. The van der Waals surface area contributed by atoms with Crippen molar-refractivity contribution in [2.75, 3.05) is 39.3 Å². The Balaban J connectivity index is 1.06. The van der Waals surface area contributed by atoms with Crippen molar-refractivity contribution in [2.45, 2.75) is 38.8 Å². The Bertz CT molecular complexity index is 1440. The van der Waals surface area contributed by atoms with Gasteiger partial charge in [0.05, 0.1) is 11.7 Å². The lowest BCUT2D eigenvalue weighted by molar-refractivity contribution is 0.0400. The highest BCUT2D eigenvalue weighted by Crippen LogP contribution is 2.37. The van der Waals surface area contributed by atoms with Gasteiger partial charge in [-0.25, -0.2) is 0 Å². The molecule has 1 fully saturated rings. The molecule has 3 aromatic carbocycles. The Morgan fingerprint density at radius 1 is 0.878 bits per heavy atom. The topological polar surface area (TPSA) is 62.0 Å². The summed E-state index contributed by atoms with van der Waals surface area (Å²) in [6, 6.07) is 26.1. The Labute approximate surface area is 242 Å². The maximum atomic E-state index is 10.9. The predicted octanol–water partition coefficient (Wildman–Crippen LogP) is 5.71. The lowest BCUT2D eigenvalue weighted by atomic mass is 9.92. The minimum absolute atomic E-state index is 0.250. The molecule has 41 heavy (non-hydrogen) atoms. The Morgan fingerprint density at radius 3 is 2.17 bits per heavy atom. The van der Waals surface area contributed by atoms with E-state index in [0.29, 0.717) is 6.54 Å². The van der Waals surface area contributed by atoms with Gasteiger partial charge in [-0.2, -0.15) is 0 Å². The molecule has 6 rings (SSSR count). The normalized spacial score (nSPS) is 17.2. The van der Waals surface area contributed by atoms with Crippen LogP contribution in [0, 0.1) is 13.8 Å². The van der Waals surface area contributed by atoms with Crippen LogP contribution < -0.4 is 4.74 Å². The summed E-state index contributed by atoms with van der Waals surface area (Å²) in [6.45, 7) is 8.48. The molecule has 212 valence electrons. The molecule has 6 nitrogen and oxygen atoms in total. The van der Waals surface area contributed by atoms with Crippen LogP contribution >= 0.6 is 0 Å². The molecule has 1 aliphatic heterocycles. The first kappa shape index (κ1) is 27.5. The van der Waals surface area contributed by atoms with Gasteiger partial charge in [-0.05, 0) is 61.1 Å². The maximum Gasteiger partial charge on any atom is 0.141 e. The number of rotatable bonds is 8. The summed E-state index contributed by atoms with van der Waals surface area (Å²) in [6.07, 6.45) is 5.63. The zero-order chi connectivity index (χ0) is 28.2. The second-order valence-corrected chi connectivity index (χ2v) is 11.2. The summed E-state index contributed by atoms with van der Waals surface area (Å²) in [4.78, 5) is 4.99. The van der Waals surface area contributed by atoms with Crippen molar-refractivity contribution in [3.8, 4) is 5.75 Å². The lowest BCUT2D eigenvalue weighted by Gasteiger charge is -2.40. The van der Waals surface area contributed by atoms with Crippen LogP contribution in [0.3, 0.4) is 0 Å². The quantitative estimate of drug-likeness (QED) is 0.304.